The Morgan fingerprint density at radius 2 is 1.56 bits per heavy atom. The molecule has 0 spiro atoms. The van der Waals surface area contributed by atoms with Crippen molar-refractivity contribution in [3.05, 3.63) is 64.2 Å². The van der Waals surface area contributed by atoms with E-state index in [1.807, 2.05) is 71.0 Å². The zero-order chi connectivity index (χ0) is 27.2. The van der Waals surface area contributed by atoms with Crippen molar-refractivity contribution in [2.45, 2.75) is 86.4 Å². The largest absolute Gasteiger partial charge is 0.444 e. The number of rotatable bonds is 8. The van der Waals surface area contributed by atoms with Crippen LogP contribution in [0.15, 0.2) is 36.4 Å². The number of ether oxygens (including phenoxy) is 1. The maximum absolute atomic E-state index is 13.8. The first-order valence-electron chi connectivity index (χ1n) is 12.5. The highest BCUT2D eigenvalue weighted by Gasteiger charge is 2.34. The molecule has 0 aliphatic carbocycles. The van der Waals surface area contributed by atoms with Crippen LogP contribution in [0.1, 0.15) is 74.9 Å². The third-order valence-electron chi connectivity index (χ3n) is 5.99. The van der Waals surface area contributed by atoms with Crippen LogP contribution in [-0.2, 0) is 14.3 Å². The average Bonchev–Trinajstić information content (AvgIpc) is 2.76. The Bertz CT molecular complexity index is 1080. The van der Waals surface area contributed by atoms with Gasteiger partial charge in [-0.15, -0.1) is 0 Å². The van der Waals surface area contributed by atoms with Gasteiger partial charge >= 0.3 is 6.09 Å². The van der Waals surface area contributed by atoms with Crippen molar-refractivity contribution >= 4 is 23.6 Å². The molecule has 7 heteroatoms. The molecule has 0 fully saturated rings. The predicted octanol–water partition coefficient (Wildman–Crippen LogP) is 5.75. The quantitative estimate of drug-likeness (QED) is 0.488. The van der Waals surface area contributed by atoms with Crippen LogP contribution in [0.5, 0.6) is 0 Å². The van der Waals surface area contributed by atoms with Crippen LogP contribution in [0, 0.1) is 27.7 Å². The summed E-state index contributed by atoms with van der Waals surface area (Å²) in [7, 11) is 0. The highest BCUT2D eigenvalue weighted by atomic mass is 16.6. The standard InChI is InChI=1S/C29H41N3O4/c1-10-16-32(27(34)22(6)30-28(35)36-29(7,8)9)25(23-15-14-18(2)21(5)17-23)26(33)31-24-19(3)12-11-13-20(24)4/h11-15,17,22,25H,10,16H2,1-9H3,(H,30,35)(H,31,33). The third kappa shape index (κ3) is 7.57. The van der Waals surface area contributed by atoms with E-state index in [2.05, 4.69) is 10.6 Å². The van der Waals surface area contributed by atoms with Gasteiger partial charge in [-0.3, -0.25) is 9.59 Å². The van der Waals surface area contributed by atoms with Gasteiger partial charge in [-0.25, -0.2) is 4.79 Å². The van der Waals surface area contributed by atoms with E-state index in [1.54, 1.807) is 32.6 Å². The number of carbonyl (C=O) groups is 3. The lowest BCUT2D eigenvalue weighted by atomic mass is 9.98. The molecule has 0 aromatic heterocycles. The van der Waals surface area contributed by atoms with Gasteiger partial charge in [0.05, 0.1) is 0 Å². The fourth-order valence-corrected chi connectivity index (χ4v) is 4.01. The first kappa shape index (κ1) is 28.9. The minimum absolute atomic E-state index is 0.304. The molecule has 3 amide bonds. The number of benzene rings is 2. The molecule has 2 N–H and O–H groups in total. The minimum atomic E-state index is -0.881. The van der Waals surface area contributed by atoms with Gasteiger partial charge in [0.25, 0.3) is 5.91 Å². The van der Waals surface area contributed by atoms with Gasteiger partial charge < -0.3 is 20.3 Å². The minimum Gasteiger partial charge on any atom is -0.444 e. The summed E-state index contributed by atoms with van der Waals surface area (Å²) in [6.45, 7) is 17.1. The molecule has 0 saturated heterocycles. The smallest absolute Gasteiger partial charge is 0.408 e. The van der Waals surface area contributed by atoms with E-state index in [9.17, 15) is 14.4 Å². The first-order chi connectivity index (χ1) is 16.7. The fraction of sp³-hybridized carbons (Fsp3) is 0.483. The predicted molar refractivity (Wildman–Crippen MR) is 144 cm³/mol. The van der Waals surface area contributed by atoms with Crippen LogP contribution in [-0.4, -0.2) is 41.0 Å². The van der Waals surface area contributed by atoms with Crippen molar-refractivity contribution in [3.63, 3.8) is 0 Å². The van der Waals surface area contributed by atoms with Crippen LogP contribution in [0.4, 0.5) is 10.5 Å². The molecule has 7 nitrogen and oxygen atoms in total. The second-order valence-electron chi connectivity index (χ2n) is 10.4. The number of alkyl carbamates (subject to hydrolysis) is 1. The van der Waals surface area contributed by atoms with Crippen LogP contribution in [0.2, 0.25) is 0 Å². The van der Waals surface area contributed by atoms with E-state index in [0.29, 0.717) is 18.5 Å². The maximum Gasteiger partial charge on any atom is 0.408 e. The third-order valence-corrected chi connectivity index (χ3v) is 5.99. The molecule has 2 unspecified atom stereocenters. The number of nitrogens with one attached hydrogen (secondary N) is 2. The molecular formula is C29H41N3O4. The summed E-state index contributed by atoms with van der Waals surface area (Å²) in [5.74, 6) is -0.662. The van der Waals surface area contributed by atoms with Crippen molar-refractivity contribution in [1.29, 1.82) is 0 Å². The number of carbonyl (C=O) groups excluding carboxylic acids is 3. The first-order valence-corrected chi connectivity index (χ1v) is 12.5. The van der Waals surface area contributed by atoms with Crippen molar-refractivity contribution in [2.24, 2.45) is 0 Å². The zero-order valence-corrected chi connectivity index (χ0v) is 23.1. The van der Waals surface area contributed by atoms with E-state index in [0.717, 1.165) is 27.9 Å². The second-order valence-corrected chi connectivity index (χ2v) is 10.4. The molecule has 0 heterocycles. The molecular weight excluding hydrogens is 454 g/mol. The Labute approximate surface area is 215 Å². The van der Waals surface area contributed by atoms with E-state index in [-0.39, 0.29) is 11.8 Å². The summed E-state index contributed by atoms with van der Waals surface area (Å²) >= 11 is 0. The molecule has 0 bridgehead atoms. The Morgan fingerprint density at radius 3 is 2.08 bits per heavy atom. The Kier molecular flexibility index (Phi) is 9.68. The lowest BCUT2D eigenvalue weighted by Crippen LogP contribution is -2.51. The number of amides is 3. The molecule has 2 rings (SSSR count). The zero-order valence-electron chi connectivity index (χ0n) is 23.1. The average molecular weight is 496 g/mol. The topological polar surface area (TPSA) is 87.7 Å². The van der Waals surface area contributed by atoms with Crippen LogP contribution >= 0.6 is 0 Å². The Balaban J connectivity index is 2.47. The molecule has 0 saturated carbocycles. The van der Waals surface area contributed by atoms with Crippen LogP contribution < -0.4 is 10.6 Å². The Morgan fingerprint density at radius 1 is 0.944 bits per heavy atom. The molecule has 2 aromatic rings. The summed E-state index contributed by atoms with van der Waals surface area (Å²) in [5.41, 5.74) is 4.77. The monoisotopic (exact) mass is 495 g/mol. The Hall–Kier alpha value is -3.35. The summed E-state index contributed by atoms with van der Waals surface area (Å²) < 4.78 is 5.32. The number of nitrogens with zero attached hydrogens (tertiary/aromatic N) is 1. The van der Waals surface area contributed by atoms with Crippen molar-refractivity contribution < 1.29 is 19.1 Å². The van der Waals surface area contributed by atoms with Gasteiger partial charge in [0.15, 0.2) is 0 Å². The van der Waals surface area contributed by atoms with Crippen molar-refractivity contribution in [2.75, 3.05) is 11.9 Å². The van der Waals surface area contributed by atoms with E-state index in [1.165, 1.54) is 0 Å². The lowest BCUT2D eigenvalue weighted by molar-refractivity contribution is -0.140. The van der Waals surface area contributed by atoms with Gasteiger partial charge in [0.1, 0.15) is 17.7 Å². The number of para-hydroxylation sites is 1. The molecule has 36 heavy (non-hydrogen) atoms. The van der Waals surface area contributed by atoms with Crippen LogP contribution in [0.3, 0.4) is 0 Å². The number of aryl methyl sites for hydroxylation is 4. The summed E-state index contributed by atoms with van der Waals surface area (Å²) in [5, 5.41) is 5.70. The van der Waals surface area contributed by atoms with E-state index >= 15 is 0 Å². The van der Waals surface area contributed by atoms with Gasteiger partial charge in [0.2, 0.25) is 5.91 Å². The molecule has 2 atom stereocenters. The molecule has 2 aromatic carbocycles. The molecule has 196 valence electrons. The second kappa shape index (κ2) is 12.1. The highest BCUT2D eigenvalue weighted by molar-refractivity contribution is 5.99. The summed E-state index contributed by atoms with van der Waals surface area (Å²) in [6.07, 6.45) is -0.0364. The fourth-order valence-electron chi connectivity index (χ4n) is 4.01. The van der Waals surface area contributed by atoms with Gasteiger partial charge in [-0.05, 0) is 89.6 Å². The molecule has 0 aliphatic rings. The van der Waals surface area contributed by atoms with E-state index < -0.39 is 23.8 Å². The normalized spacial score (nSPS) is 12.9. The SMILES string of the molecule is CCCN(C(=O)C(C)NC(=O)OC(C)(C)C)C(C(=O)Nc1c(C)cccc1C)c1ccc(C)c(C)c1. The summed E-state index contributed by atoms with van der Waals surface area (Å²) in [6, 6.07) is 9.86. The summed E-state index contributed by atoms with van der Waals surface area (Å²) in [4.78, 5) is 41.4. The van der Waals surface area contributed by atoms with Gasteiger partial charge in [-0.2, -0.15) is 0 Å². The van der Waals surface area contributed by atoms with Crippen molar-refractivity contribution in [1.82, 2.24) is 10.2 Å². The number of hydrogen-bond donors (Lipinski definition) is 2. The van der Waals surface area contributed by atoms with Crippen LogP contribution in [0.25, 0.3) is 0 Å². The molecule has 0 radical (unpaired) electrons. The number of anilines is 1. The van der Waals surface area contributed by atoms with E-state index in [4.69, 9.17) is 4.74 Å². The maximum atomic E-state index is 13.8. The molecule has 0 aliphatic heterocycles. The van der Waals surface area contributed by atoms with Gasteiger partial charge in [0, 0.05) is 12.2 Å². The van der Waals surface area contributed by atoms with Gasteiger partial charge in [-0.1, -0.05) is 43.3 Å². The highest BCUT2D eigenvalue weighted by Crippen LogP contribution is 2.28. The number of hydrogen-bond acceptors (Lipinski definition) is 4. The lowest BCUT2D eigenvalue weighted by Gasteiger charge is -2.34. The van der Waals surface area contributed by atoms with Crippen molar-refractivity contribution in [3.8, 4) is 0 Å².